The number of aromatic nitrogens is 2. The predicted octanol–water partition coefficient (Wildman–Crippen LogP) is 1.26. The number of nitrogens with zero attached hydrogens (tertiary/aromatic N) is 2. The molecule has 1 aromatic heterocycles. The lowest BCUT2D eigenvalue weighted by molar-refractivity contribution is 0.396. The van der Waals surface area contributed by atoms with Crippen LogP contribution in [-0.2, 0) is 11.3 Å². The molecule has 0 amide bonds. The van der Waals surface area contributed by atoms with Crippen LogP contribution in [0.5, 0.6) is 0 Å². The molecule has 0 aliphatic rings. The van der Waals surface area contributed by atoms with Crippen molar-refractivity contribution in [3.63, 3.8) is 0 Å². The van der Waals surface area contributed by atoms with E-state index in [-0.39, 0.29) is 5.90 Å². The Labute approximate surface area is 71.7 Å². The van der Waals surface area contributed by atoms with Crippen LogP contribution in [0.25, 0.3) is 0 Å². The van der Waals surface area contributed by atoms with Gasteiger partial charge >= 0.3 is 0 Å². The van der Waals surface area contributed by atoms with Gasteiger partial charge in [0, 0.05) is 6.54 Å². The molecule has 1 rings (SSSR count). The molecule has 66 valence electrons. The van der Waals surface area contributed by atoms with Gasteiger partial charge in [-0.2, -0.15) is 0 Å². The number of hydrogen-bond acceptors (Lipinski definition) is 3. The van der Waals surface area contributed by atoms with Gasteiger partial charge in [-0.25, -0.2) is 4.98 Å². The molecule has 0 fully saturated rings. The van der Waals surface area contributed by atoms with Crippen molar-refractivity contribution in [3.8, 4) is 0 Å². The van der Waals surface area contributed by atoms with E-state index in [1.807, 2.05) is 4.57 Å². The van der Waals surface area contributed by atoms with Gasteiger partial charge < -0.3 is 9.30 Å². The molecule has 4 nitrogen and oxygen atoms in total. The molecule has 0 unspecified atom stereocenters. The van der Waals surface area contributed by atoms with Crippen molar-refractivity contribution in [2.24, 2.45) is 0 Å². The van der Waals surface area contributed by atoms with E-state index in [2.05, 4.69) is 11.9 Å². The van der Waals surface area contributed by atoms with E-state index in [0.717, 1.165) is 18.7 Å². The minimum Gasteiger partial charge on any atom is -0.480 e. The predicted molar refractivity (Wildman–Crippen MR) is 46.4 cm³/mol. The van der Waals surface area contributed by atoms with Crippen molar-refractivity contribution >= 4 is 5.90 Å². The summed E-state index contributed by atoms with van der Waals surface area (Å²) in [5, 5.41) is 7.43. The van der Waals surface area contributed by atoms with E-state index in [9.17, 15) is 0 Å². The molecule has 0 spiro atoms. The summed E-state index contributed by atoms with van der Waals surface area (Å²) in [6, 6.07) is 0. The fraction of sp³-hybridized carbons (Fsp3) is 0.500. The molecule has 0 bridgehead atoms. The minimum absolute atomic E-state index is 0.168. The van der Waals surface area contributed by atoms with E-state index < -0.39 is 0 Å². The minimum atomic E-state index is 0.168. The van der Waals surface area contributed by atoms with Crippen molar-refractivity contribution in [1.82, 2.24) is 9.55 Å². The van der Waals surface area contributed by atoms with Crippen LogP contribution in [-0.4, -0.2) is 22.6 Å². The fourth-order valence-corrected chi connectivity index (χ4v) is 1.03. The number of imidazole rings is 1. The normalized spacial score (nSPS) is 9.83. The maximum atomic E-state index is 7.43. The molecular weight excluding hydrogens is 154 g/mol. The van der Waals surface area contributed by atoms with E-state index >= 15 is 0 Å². The Morgan fingerprint density at radius 2 is 2.50 bits per heavy atom. The second kappa shape index (κ2) is 3.90. The standard InChI is InChI=1S/C8H13N3O/c1-3-4-11-6-10-5-7(11)8(9)12-2/h5-6,9H,3-4H2,1-2H3. The fourth-order valence-electron chi connectivity index (χ4n) is 1.03. The SMILES string of the molecule is CCCn1cncc1C(=N)OC. The third-order valence-corrected chi connectivity index (χ3v) is 1.61. The molecule has 0 saturated carbocycles. The van der Waals surface area contributed by atoms with Gasteiger partial charge in [0.1, 0.15) is 5.69 Å². The van der Waals surface area contributed by atoms with Crippen LogP contribution in [0.1, 0.15) is 19.0 Å². The summed E-state index contributed by atoms with van der Waals surface area (Å²) in [5.74, 6) is 0.168. The molecule has 4 heteroatoms. The summed E-state index contributed by atoms with van der Waals surface area (Å²) in [4.78, 5) is 3.95. The highest BCUT2D eigenvalue weighted by Gasteiger charge is 2.06. The summed E-state index contributed by atoms with van der Waals surface area (Å²) in [6.45, 7) is 2.96. The van der Waals surface area contributed by atoms with E-state index in [0.29, 0.717) is 0 Å². The van der Waals surface area contributed by atoms with Crippen LogP contribution < -0.4 is 0 Å². The first-order valence-corrected chi connectivity index (χ1v) is 3.92. The van der Waals surface area contributed by atoms with E-state index in [1.54, 1.807) is 12.5 Å². The third-order valence-electron chi connectivity index (χ3n) is 1.61. The van der Waals surface area contributed by atoms with Crippen molar-refractivity contribution < 1.29 is 4.74 Å². The molecule has 1 aromatic rings. The average Bonchev–Trinajstić information content (AvgIpc) is 2.52. The van der Waals surface area contributed by atoms with Crippen molar-refractivity contribution in [2.75, 3.05) is 7.11 Å². The van der Waals surface area contributed by atoms with E-state index in [1.165, 1.54) is 7.11 Å². The lowest BCUT2D eigenvalue weighted by atomic mass is 10.4. The van der Waals surface area contributed by atoms with Crippen LogP contribution in [0.4, 0.5) is 0 Å². The average molecular weight is 167 g/mol. The summed E-state index contributed by atoms with van der Waals surface area (Å²) < 4.78 is 6.71. The summed E-state index contributed by atoms with van der Waals surface area (Å²) >= 11 is 0. The Balaban J connectivity index is 2.83. The zero-order chi connectivity index (χ0) is 8.97. The first-order chi connectivity index (χ1) is 5.79. The molecule has 0 aliphatic heterocycles. The molecular formula is C8H13N3O. The first-order valence-electron chi connectivity index (χ1n) is 3.92. The maximum absolute atomic E-state index is 7.43. The van der Waals surface area contributed by atoms with Crippen LogP contribution in [0.15, 0.2) is 12.5 Å². The zero-order valence-electron chi connectivity index (χ0n) is 7.37. The first kappa shape index (κ1) is 8.77. The second-order valence-electron chi connectivity index (χ2n) is 2.51. The Morgan fingerprint density at radius 1 is 1.75 bits per heavy atom. The molecule has 0 aromatic carbocycles. The summed E-state index contributed by atoms with van der Waals surface area (Å²) in [5.41, 5.74) is 0.736. The van der Waals surface area contributed by atoms with Crippen molar-refractivity contribution in [3.05, 3.63) is 18.2 Å². The molecule has 1 heterocycles. The van der Waals surface area contributed by atoms with Gasteiger partial charge in [-0.05, 0) is 6.42 Å². The number of hydrogen-bond donors (Lipinski definition) is 1. The topological polar surface area (TPSA) is 50.9 Å². The lowest BCUT2D eigenvalue weighted by Crippen LogP contribution is -2.09. The highest BCUT2D eigenvalue weighted by atomic mass is 16.5. The molecule has 0 atom stereocenters. The summed E-state index contributed by atoms with van der Waals surface area (Å²) in [6.07, 6.45) is 4.38. The highest BCUT2D eigenvalue weighted by molar-refractivity contribution is 5.89. The zero-order valence-corrected chi connectivity index (χ0v) is 7.37. The van der Waals surface area contributed by atoms with Crippen LogP contribution in [0.2, 0.25) is 0 Å². The van der Waals surface area contributed by atoms with Gasteiger partial charge in [0.15, 0.2) is 0 Å². The number of nitrogens with one attached hydrogen (secondary N) is 1. The van der Waals surface area contributed by atoms with Crippen molar-refractivity contribution in [1.29, 1.82) is 5.41 Å². The molecule has 0 saturated heterocycles. The van der Waals surface area contributed by atoms with Crippen LogP contribution >= 0.6 is 0 Å². The van der Waals surface area contributed by atoms with Gasteiger partial charge in [-0.15, -0.1) is 0 Å². The largest absolute Gasteiger partial charge is 0.480 e. The molecule has 0 aliphatic carbocycles. The lowest BCUT2D eigenvalue weighted by Gasteiger charge is -2.05. The Bertz CT molecular complexity index is 267. The van der Waals surface area contributed by atoms with Gasteiger partial charge in [0.2, 0.25) is 5.90 Å². The van der Waals surface area contributed by atoms with Gasteiger partial charge in [-0.3, -0.25) is 5.41 Å². The quantitative estimate of drug-likeness (QED) is 0.544. The Hall–Kier alpha value is -1.32. The van der Waals surface area contributed by atoms with Crippen molar-refractivity contribution in [2.45, 2.75) is 19.9 Å². The molecule has 1 N–H and O–H groups in total. The van der Waals surface area contributed by atoms with Gasteiger partial charge in [0.05, 0.1) is 19.6 Å². The Kier molecular flexibility index (Phi) is 2.85. The highest BCUT2D eigenvalue weighted by Crippen LogP contribution is 2.01. The Morgan fingerprint density at radius 3 is 3.08 bits per heavy atom. The monoisotopic (exact) mass is 167 g/mol. The van der Waals surface area contributed by atoms with Crippen LogP contribution in [0, 0.1) is 5.41 Å². The summed E-state index contributed by atoms with van der Waals surface area (Å²) in [7, 11) is 1.49. The number of rotatable bonds is 3. The molecule has 0 radical (unpaired) electrons. The van der Waals surface area contributed by atoms with Gasteiger partial charge in [0.25, 0.3) is 0 Å². The molecule has 12 heavy (non-hydrogen) atoms. The number of methoxy groups -OCH3 is 1. The number of aryl methyl sites for hydroxylation is 1. The van der Waals surface area contributed by atoms with Gasteiger partial charge in [-0.1, -0.05) is 6.92 Å². The maximum Gasteiger partial charge on any atom is 0.231 e. The van der Waals surface area contributed by atoms with E-state index in [4.69, 9.17) is 10.1 Å². The third kappa shape index (κ3) is 1.64. The smallest absolute Gasteiger partial charge is 0.231 e. The second-order valence-corrected chi connectivity index (χ2v) is 2.51. The van der Waals surface area contributed by atoms with Crippen LogP contribution in [0.3, 0.4) is 0 Å². The number of ether oxygens (including phenoxy) is 1.